The molecule has 3 atom stereocenters. The predicted molar refractivity (Wildman–Crippen MR) is 138 cm³/mol. The quantitative estimate of drug-likeness (QED) is 0.458. The molecule has 8 heteroatoms. The van der Waals surface area contributed by atoms with Crippen molar-refractivity contribution >= 4 is 17.3 Å². The van der Waals surface area contributed by atoms with E-state index in [1.54, 1.807) is 42.5 Å². The summed E-state index contributed by atoms with van der Waals surface area (Å²) >= 11 is 6.69. The fourth-order valence-electron chi connectivity index (χ4n) is 4.76. The first-order chi connectivity index (χ1) is 17.4. The number of ether oxygens (including phenoxy) is 1. The van der Waals surface area contributed by atoms with Gasteiger partial charge in [0.2, 0.25) is 0 Å². The lowest BCUT2D eigenvalue weighted by Crippen LogP contribution is -2.54. The van der Waals surface area contributed by atoms with Gasteiger partial charge in [-0.05, 0) is 54.4 Å². The molecule has 188 valence electrons. The number of β-amino-alcohol motifs (C(OH)–C–C–N with tert-alkyl or cyclic N) is 1. The highest BCUT2D eigenvalue weighted by atomic mass is 35.5. The Kier molecular flexibility index (Phi) is 8.44. The Morgan fingerprint density at radius 1 is 1.11 bits per heavy atom. The number of rotatable bonds is 8. The fraction of sp³-hybridized carbons (Fsp3) is 0.321. The highest BCUT2D eigenvalue weighted by Gasteiger charge is 2.35. The SMILES string of the molecule is CC1CN(CC(O)c2ccc(C#N)cc2)C[C@@H](c2ccc(F)cc2)N1c1ccc(OCCO)cc1Cl. The first-order valence-corrected chi connectivity index (χ1v) is 12.2. The van der Waals surface area contributed by atoms with Crippen molar-refractivity contribution in [3.8, 4) is 11.8 Å². The normalized spacial score (nSPS) is 19.1. The fourth-order valence-corrected chi connectivity index (χ4v) is 5.03. The number of hydrogen-bond acceptors (Lipinski definition) is 6. The van der Waals surface area contributed by atoms with E-state index in [-0.39, 0.29) is 31.1 Å². The van der Waals surface area contributed by atoms with E-state index >= 15 is 0 Å². The van der Waals surface area contributed by atoms with Gasteiger partial charge in [0.25, 0.3) is 0 Å². The molecule has 2 N–H and O–H groups in total. The molecule has 4 rings (SSSR count). The number of nitriles is 1. The molecule has 1 heterocycles. The molecule has 0 radical (unpaired) electrons. The molecule has 1 fully saturated rings. The van der Waals surface area contributed by atoms with E-state index in [9.17, 15) is 9.50 Å². The molecule has 36 heavy (non-hydrogen) atoms. The van der Waals surface area contributed by atoms with Gasteiger partial charge in [0, 0.05) is 31.7 Å². The Morgan fingerprint density at radius 3 is 2.47 bits per heavy atom. The van der Waals surface area contributed by atoms with Crippen molar-refractivity contribution in [3.05, 3.63) is 94.3 Å². The summed E-state index contributed by atoms with van der Waals surface area (Å²) in [5, 5.41) is 29.5. The van der Waals surface area contributed by atoms with Gasteiger partial charge in [-0.25, -0.2) is 4.39 Å². The maximum atomic E-state index is 13.7. The van der Waals surface area contributed by atoms with Gasteiger partial charge in [0.05, 0.1) is 41.1 Å². The van der Waals surface area contributed by atoms with E-state index in [1.807, 2.05) is 12.1 Å². The summed E-state index contributed by atoms with van der Waals surface area (Å²) in [6.45, 7) is 3.91. The number of aliphatic hydroxyl groups excluding tert-OH is 2. The molecule has 0 bridgehead atoms. The van der Waals surface area contributed by atoms with Gasteiger partial charge < -0.3 is 19.8 Å². The van der Waals surface area contributed by atoms with Crippen LogP contribution in [-0.2, 0) is 0 Å². The van der Waals surface area contributed by atoms with Gasteiger partial charge >= 0.3 is 0 Å². The minimum absolute atomic E-state index is 0.0312. The number of nitrogens with zero attached hydrogens (tertiary/aromatic N) is 3. The van der Waals surface area contributed by atoms with Gasteiger partial charge in [-0.15, -0.1) is 0 Å². The zero-order valence-electron chi connectivity index (χ0n) is 20.0. The second-order valence-corrected chi connectivity index (χ2v) is 9.38. The molecule has 0 aliphatic carbocycles. The van der Waals surface area contributed by atoms with Crippen LogP contribution in [0.25, 0.3) is 0 Å². The van der Waals surface area contributed by atoms with Crippen LogP contribution in [0.1, 0.15) is 35.8 Å². The van der Waals surface area contributed by atoms with Crippen molar-refractivity contribution in [1.29, 1.82) is 5.26 Å². The molecule has 3 aromatic rings. The van der Waals surface area contributed by atoms with Crippen LogP contribution in [0, 0.1) is 17.1 Å². The van der Waals surface area contributed by atoms with Crippen LogP contribution in [-0.4, -0.2) is 54.0 Å². The lowest BCUT2D eigenvalue weighted by molar-refractivity contribution is 0.0915. The topological polar surface area (TPSA) is 80.0 Å². The number of anilines is 1. The van der Waals surface area contributed by atoms with Crippen molar-refractivity contribution in [2.45, 2.75) is 25.1 Å². The number of benzene rings is 3. The monoisotopic (exact) mass is 509 g/mol. The highest BCUT2D eigenvalue weighted by Crippen LogP contribution is 2.39. The van der Waals surface area contributed by atoms with Gasteiger partial charge in [-0.3, -0.25) is 4.90 Å². The average molecular weight is 510 g/mol. The molecule has 0 amide bonds. The van der Waals surface area contributed by atoms with Crippen LogP contribution >= 0.6 is 11.6 Å². The molecule has 0 aromatic heterocycles. The maximum Gasteiger partial charge on any atom is 0.123 e. The van der Waals surface area contributed by atoms with E-state index in [4.69, 9.17) is 26.7 Å². The van der Waals surface area contributed by atoms with Crippen molar-refractivity contribution in [1.82, 2.24) is 4.90 Å². The lowest BCUT2D eigenvalue weighted by atomic mass is 9.97. The molecule has 6 nitrogen and oxygen atoms in total. The predicted octanol–water partition coefficient (Wildman–Crippen LogP) is 4.71. The van der Waals surface area contributed by atoms with Crippen LogP contribution in [0.15, 0.2) is 66.7 Å². The van der Waals surface area contributed by atoms with Gasteiger partial charge in [0.15, 0.2) is 0 Å². The first kappa shape index (κ1) is 25.9. The van der Waals surface area contributed by atoms with E-state index in [2.05, 4.69) is 22.8 Å². The summed E-state index contributed by atoms with van der Waals surface area (Å²) in [5.74, 6) is 0.277. The molecule has 2 unspecified atom stereocenters. The summed E-state index contributed by atoms with van der Waals surface area (Å²) < 4.78 is 19.2. The summed E-state index contributed by atoms with van der Waals surface area (Å²) in [7, 11) is 0. The molecule has 0 spiro atoms. The van der Waals surface area contributed by atoms with Crippen LogP contribution in [0.2, 0.25) is 5.02 Å². The maximum absolute atomic E-state index is 13.7. The Hall–Kier alpha value is -3.15. The van der Waals surface area contributed by atoms with E-state index < -0.39 is 6.10 Å². The third-order valence-corrected chi connectivity index (χ3v) is 6.73. The third-order valence-electron chi connectivity index (χ3n) is 6.43. The standard InChI is InChI=1S/C28H29ClFN3O3/c1-19-16-32(18-28(35)22-4-2-20(15-31)3-5-22)17-27(21-6-8-23(30)9-7-21)33(19)26-11-10-24(14-25(26)29)36-13-12-34/h2-11,14,19,27-28,34-35H,12-13,16-18H2,1H3/t19?,27-,28?/m0/s1. The Morgan fingerprint density at radius 2 is 1.83 bits per heavy atom. The summed E-state index contributed by atoms with van der Waals surface area (Å²) in [6.07, 6.45) is -0.711. The van der Waals surface area contributed by atoms with Crippen molar-refractivity contribution in [2.24, 2.45) is 0 Å². The summed E-state index contributed by atoms with van der Waals surface area (Å²) in [6, 6.07) is 20.9. The van der Waals surface area contributed by atoms with Crippen LogP contribution in [0.4, 0.5) is 10.1 Å². The van der Waals surface area contributed by atoms with Gasteiger partial charge in [-0.1, -0.05) is 35.9 Å². The molecule has 1 aliphatic heterocycles. The van der Waals surface area contributed by atoms with E-state index in [0.29, 0.717) is 36.0 Å². The van der Waals surface area contributed by atoms with Crippen molar-refractivity contribution < 1.29 is 19.3 Å². The largest absolute Gasteiger partial charge is 0.491 e. The molecule has 1 saturated heterocycles. The zero-order valence-corrected chi connectivity index (χ0v) is 20.8. The van der Waals surface area contributed by atoms with Crippen LogP contribution in [0.5, 0.6) is 5.75 Å². The van der Waals surface area contributed by atoms with Gasteiger partial charge in [0.1, 0.15) is 18.2 Å². The molecular formula is C28H29ClFN3O3. The second kappa shape index (κ2) is 11.7. The molecule has 1 aliphatic rings. The number of piperazine rings is 1. The Balaban J connectivity index is 1.60. The first-order valence-electron chi connectivity index (χ1n) is 11.9. The minimum Gasteiger partial charge on any atom is -0.491 e. The van der Waals surface area contributed by atoms with Gasteiger partial charge in [-0.2, -0.15) is 5.26 Å². The lowest BCUT2D eigenvalue weighted by Gasteiger charge is -2.48. The van der Waals surface area contributed by atoms with E-state index in [1.165, 1.54) is 12.1 Å². The number of halogens is 2. The minimum atomic E-state index is -0.711. The van der Waals surface area contributed by atoms with Crippen LogP contribution in [0.3, 0.4) is 0 Å². The average Bonchev–Trinajstić information content (AvgIpc) is 2.88. The zero-order chi connectivity index (χ0) is 25.7. The molecule has 3 aromatic carbocycles. The van der Waals surface area contributed by atoms with E-state index in [0.717, 1.165) is 16.8 Å². The molecule has 0 saturated carbocycles. The van der Waals surface area contributed by atoms with Crippen molar-refractivity contribution in [2.75, 3.05) is 37.7 Å². The number of hydrogen-bond donors (Lipinski definition) is 2. The van der Waals surface area contributed by atoms with Crippen molar-refractivity contribution in [3.63, 3.8) is 0 Å². The summed E-state index contributed by atoms with van der Waals surface area (Å²) in [5.41, 5.74) is 3.08. The Bertz CT molecular complexity index is 1200. The molecular weight excluding hydrogens is 481 g/mol. The third kappa shape index (κ3) is 5.97. The van der Waals surface area contributed by atoms with Crippen LogP contribution < -0.4 is 9.64 Å². The number of aliphatic hydroxyl groups is 2. The Labute approximate surface area is 215 Å². The highest BCUT2D eigenvalue weighted by molar-refractivity contribution is 6.33. The smallest absolute Gasteiger partial charge is 0.123 e. The second-order valence-electron chi connectivity index (χ2n) is 8.98. The summed E-state index contributed by atoms with van der Waals surface area (Å²) in [4.78, 5) is 4.43.